The Morgan fingerprint density at radius 3 is 2.48 bits per heavy atom. The molecule has 2 aliphatic heterocycles. The largest absolute Gasteiger partial charge is 0.480 e. The molecule has 42 heavy (non-hydrogen) atoms. The minimum absolute atomic E-state index is 0.214. The highest BCUT2D eigenvalue weighted by molar-refractivity contribution is 7.11. The van der Waals surface area contributed by atoms with Crippen molar-refractivity contribution in [3.05, 3.63) is 85.0 Å². The maximum atomic E-state index is 13.3. The number of aromatic nitrogens is 1. The Kier molecular flexibility index (Phi) is 10.6. The van der Waals surface area contributed by atoms with Gasteiger partial charge in [-0.25, -0.2) is 9.37 Å². The number of aryl methyl sites for hydroxylation is 1. The van der Waals surface area contributed by atoms with Crippen LogP contribution in [0.15, 0.2) is 42.5 Å². The Bertz CT molecular complexity index is 1370. The summed E-state index contributed by atoms with van der Waals surface area (Å²) < 4.78 is 13.3. The SMILES string of the molecule is Cc1nc(Cc2ccc(Cl)cc2Cl)sc1C1CCN(C)CC1.O=C(O)C(CC1CC1)N1CCC(c2cccc(F)c2)C1. The zero-order chi connectivity index (χ0) is 29.8. The molecule has 2 unspecified atom stereocenters. The van der Waals surface area contributed by atoms with E-state index in [1.807, 2.05) is 29.5 Å². The predicted octanol–water partition coefficient (Wildman–Crippen LogP) is 8.03. The van der Waals surface area contributed by atoms with Crippen molar-refractivity contribution in [1.82, 2.24) is 14.8 Å². The topological polar surface area (TPSA) is 56.7 Å². The molecule has 0 bridgehead atoms. The third-order valence-electron chi connectivity index (χ3n) is 8.84. The zero-order valence-electron chi connectivity index (χ0n) is 24.4. The molecule has 1 saturated carbocycles. The lowest BCUT2D eigenvalue weighted by Crippen LogP contribution is -2.40. The molecule has 3 fully saturated rings. The second-order valence-electron chi connectivity index (χ2n) is 12.1. The van der Waals surface area contributed by atoms with Gasteiger partial charge in [0, 0.05) is 27.9 Å². The number of thiazole rings is 1. The van der Waals surface area contributed by atoms with Gasteiger partial charge in [0.25, 0.3) is 0 Å². The average molecular weight is 633 g/mol. The molecule has 2 aromatic carbocycles. The van der Waals surface area contributed by atoms with E-state index in [-0.39, 0.29) is 17.8 Å². The van der Waals surface area contributed by atoms with E-state index in [1.54, 1.807) is 18.2 Å². The molecular weight excluding hydrogens is 592 g/mol. The summed E-state index contributed by atoms with van der Waals surface area (Å²) in [5.41, 5.74) is 3.28. The summed E-state index contributed by atoms with van der Waals surface area (Å²) in [6, 6.07) is 12.0. The number of hydrogen-bond acceptors (Lipinski definition) is 5. The lowest BCUT2D eigenvalue weighted by Gasteiger charge is -2.28. The van der Waals surface area contributed by atoms with Crippen LogP contribution in [-0.4, -0.2) is 65.1 Å². The van der Waals surface area contributed by atoms with Crippen LogP contribution < -0.4 is 0 Å². The van der Waals surface area contributed by atoms with Crippen LogP contribution in [0.2, 0.25) is 10.0 Å². The van der Waals surface area contributed by atoms with E-state index in [1.165, 1.54) is 55.4 Å². The molecule has 2 saturated heterocycles. The highest BCUT2D eigenvalue weighted by Gasteiger charge is 2.37. The molecule has 0 amide bonds. The number of carboxylic acid groups (broad SMARTS) is 1. The molecule has 0 spiro atoms. The van der Waals surface area contributed by atoms with Crippen molar-refractivity contribution >= 4 is 40.5 Å². The maximum Gasteiger partial charge on any atom is 0.320 e. The molecule has 1 N–H and O–H groups in total. The van der Waals surface area contributed by atoms with E-state index in [2.05, 4.69) is 23.8 Å². The summed E-state index contributed by atoms with van der Waals surface area (Å²) in [6.07, 6.45) is 7.29. The Hall–Kier alpha value is -2.03. The third kappa shape index (κ3) is 8.32. The van der Waals surface area contributed by atoms with Crippen molar-refractivity contribution in [3.8, 4) is 0 Å². The first-order valence-corrected chi connectivity index (χ1v) is 16.5. The van der Waals surface area contributed by atoms with E-state index in [0.717, 1.165) is 53.5 Å². The average Bonchev–Trinajstić information content (AvgIpc) is 3.51. The number of halogens is 3. The maximum absolute atomic E-state index is 13.3. The fourth-order valence-corrected chi connectivity index (χ4v) is 7.93. The monoisotopic (exact) mass is 631 g/mol. The number of benzene rings is 2. The van der Waals surface area contributed by atoms with Crippen LogP contribution >= 0.6 is 34.5 Å². The van der Waals surface area contributed by atoms with Crippen molar-refractivity contribution in [2.45, 2.75) is 69.7 Å². The number of carboxylic acids is 1. The molecule has 9 heteroatoms. The van der Waals surface area contributed by atoms with E-state index >= 15 is 0 Å². The standard InChI is InChI=1S/C17H20Cl2N2S.C16H20FNO2/c1-11-17(12-5-7-21(2)8-6-12)22-16(20-11)9-13-3-4-14(18)10-15(13)19;17-14-3-1-2-12(9-14)13-6-7-18(10-13)15(16(19)20)8-11-4-5-11/h3-4,10,12H,5-9H2,1-2H3;1-3,9,11,13,15H,4-8,10H2,(H,19,20). The minimum Gasteiger partial charge on any atom is -0.480 e. The normalized spacial score (nSPS) is 20.7. The molecule has 3 aliphatic rings. The van der Waals surface area contributed by atoms with Gasteiger partial charge in [0.1, 0.15) is 11.9 Å². The second kappa shape index (κ2) is 14.2. The predicted molar refractivity (Wildman–Crippen MR) is 170 cm³/mol. The number of piperidine rings is 1. The molecular formula is C33H40Cl2FN3O2S. The fourth-order valence-electron chi connectivity index (χ4n) is 6.20. The number of hydrogen-bond donors (Lipinski definition) is 1. The van der Waals surface area contributed by atoms with E-state index in [0.29, 0.717) is 16.9 Å². The molecule has 3 aromatic rings. The number of nitrogens with zero attached hydrogens (tertiary/aromatic N) is 3. The Morgan fingerprint density at radius 2 is 1.81 bits per heavy atom. The summed E-state index contributed by atoms with van der Waals surface area (Å²) >= 11 is 14.1. The van der Waals surface area contributed by atoms with E-state index in [4.69, 9.17) is 28.2 Å². The quantitative estimate of drug-likeness (QED) is 0.273. The third-order valence-corrected chi connectivity index (χ3v) is 10.7. The molecule has 226 valence electrons. The Labute approximate surface area is 262 Å². The van der Waals surface area contributed by atoms with Crippen LogP contribution in [0, 0.1) is 18.7 Å². The van der Waals surface area contributed by atoms with Crippen molar-refractivity contribution in [2.75, 3.05) is 33.2 Å². The van der Waals surface area contributed by atoms with Crippen LogP contribution in [-0.2, 0) is 11.2 Å². The summed E-state index contributed by atoms with van der Waals surface area (Å²) in [5, 5.41) is 12.0. The van der Waals surface area contributed by atoms with Gasteiger partial charge in [-0.05, 0) is 112 Å². The van der Waals surface area contributed by atoms with Gasteiger partial charge in [-0.1, -0.05) is 54.2 Å². The molecule has 6 rings (SSSR count). The highest BCUT2D eigenvalue weighted by Crippen LogP contribution is 2.38. The van der Waals surface area contributed by atoms with E-state index in [9.17, 15) is 14.3 Å². The molecule has 1 aliphatic carbocycles. The molecule has 3 heterocycles. The minimum atomic E-state index is -0.711. The van der Waals surface area contributed by atoms with Crippen molar-refractivity contribution < 1.29 is 14.3 Å². The van der Waals surface area contributed by atoms with Gasteiger partial charge in [0.2, 0.25) is 0 Å². The van der Waals surface area contributed by atoms with Gasteiger partial charge < -0.3 is 10.0 Å². The number of carbonyl (C=O) groups is 1. The van der Waals surface area contributed by atoms with Crippen LogP contribution in [0.5, 0.6) is 0 Å². The number of likely N-dealkylation sites (tertiary alicyclic amines) is 2. The van der Waals surface area contributed by atoms with Gasteiger partial charge in [-0.15, -0.1) is 11.3 Å². The van der Waals surface area contributed by atoms with Crippen molar-refractivity contribution in [1.29, 1.82) is 0 Å². The van der Waals surface area contributed by atoms with Crippen molar-refractivity contribution in [2.24, 2.45) is 5.92 Å². The first-order valence-electron chi connectivity index (χ1n) is 15.0. The van der Waals surface area contributed by atoms with Crippen LogP contribution in [0.3, 0.4) is 0 Å². The summed E-state index contributed by atoms with van der Waals surface area (Å²) in [6.45, 7) is 6.02. The zero-order valence-corrected chi connectivity index (χ0v) is 26.7. The van der Waals surface area contributed by atoms with Gasteiger partial charge >= 0.3 is 5.97 Å². The van der Waals surface area contributed by atoms with E-state index < -0.39 is 5.97 Å². The van der Waals surface area contributed by atoms with Gasteiger partial charge in [-0.2, -0.15) is 0 Å². The first kappa shape index (κ1) is 31.4. The lowest BCUT2D eigenvalue weighted by molar-refractivity contribution is -0.143. The number of aliphatic carboxylic acids is 1. The van der Waals surface area contributed by atoms with Crippen LogP contribution in [0.4, 0.5) is 4.39 Å². The number of rotatable bonds is 8. The van der Waals surface area contributed by atoms with Crippen LogP contribution in [0.25, 0.3) is 0 Å². The van der Waals surface area contributed by atoms with Gasteiger partial charge in [0.05, 0.1) is 10.7 Å². The Morgan fingerprint density at radius 1 is 1.07 bits per heavy atom. The summed E-state index contributed by atoms with van der Waals surface area (Å²) in [4.78, 5) is 22.2. The second-order valence-corrected chi connectivity index (χ2v) is 14.1. The smallest absolute Gasteiger partial charge is 0.320 e. The lowest BCUT2D eigenvalue weighted by atomic mass is 9.95. The highest BCUT2D eigenvalue weighted by atomic mass is 35.5. The summed E-state index contributed by atoms with van der Waals surface area (Å²) in [5.74, 6) is 0.602. The van der Waals surface area contributed by atoms with Gasteiger partial charge in [0.15, 0.2) is 0 Å². The van der Waals surface area contributed by atoms with Crippen LogP contribution in [0.1, 0.15) is 77.1 Å². The molecule has 0 radical (unpaired) electrons. The Balaban J connectivity index is 0.000000169. The molecule has 2 atom stereocenters. The van der Waals surface area contributed by atoms with Gasteiger partial charge in [-0.3, -0.25) is 9.69 Å². The van der Waals surface area contributed by atoms with Crippen molar-refractivity contribution in [3.63, 3.8) is 0 Å². The molecule has 5 nitrogen and oxygen atoms in total. The molecule has 1 aromatic heterocycles. The first-order chi connectivity index (χ1) is 20.2. The summed E-state index contributed by atoms with van der Waals surface area (Å²) in [7, 11) is 2.20. The fraction of sp³-hybridized carbons (Fsp3) is 0.515.